The van der Waals surface area contributed by atoms with Gasteiger partial charge >= 0.3 is 0 Å². The Kier molecular flexibility index (Phi) is 2.72. The quantitative estimate of drug-likeness (QED) is 0.750. The monoisotopic (exact) mass is 275 g/mol. The van der Waals surface area contributed by atoms with Crippen molar-refractivity contribution in [3.05, 3.63) is 35.1 Å². The summed E-state index contributed by atoms with van der Waals surface area (Å²) in [5.74, 6) is 0.904. The van der Waals surface area contributed by atoms with Gasteiger partial charge in [0.15, 0.2) is 5.65 Å². The van der Waals surface area contributed by atoms with Crippen molar-refractivity contribution in [1.82, 2.24) is 19.9 Å². The molecule has 0 amide bonds. The zero-order chi connectivity index (χ0) is 13.4. The van der Waals surface area contributed by atoms with Gasteiger partial charge in [0.05, 0.1) is 11.3 Å². The standard InChI is InChI=1S/C12H10ClN5O/c1-6-2-3-7(13)8(4-6)19-11-9-10(16-5-15-9)17-12(14)18-11/h2-5H,1H3,(H3,14,15,16,17,18). The molecular weight excluding hydrogens is 266 g/mol. The Hall–Kier alpha value is -2.34. The largest absolute Gasteiger partial charge is 0.435 e. The molecule has 3 rings (SSSR count). The number of nitrogens with zero attached hydrogens (tertiary/aromatic N) is 3. The van der Waals surface area contributed by atoms with Gasteiger partial charge in [-0.1, -0.05) is 17.7 Å². The summed E-state index contributed by atoms with van der Waals surface area (Å²) in [5.41, 5.74) is 7.67. The highest BCUT2D eigenvalue weighted by Crippen LogP contribution is 2.31. The minimum Gasteiger partial charge on any atom is -0.435 e. The Morgan fingerprint density at radius 1 is 1.32 bits per heavy atom. The number of halogens is 1. The van der Waals surface area contributed by atoms with E-state index in [-0.39, 0.29) is 5.95 Å². The molecule has 0 aliphatic carbocycles. The maximum absolute atomic E-state index is 6.09. The molecule has 1 aromatic carbocycles. The van der Waals surface area contributed by atoms with Gasteiger partial charge < -0.3 is 15.5 Å². The van der Waals surface area contributed by atoms with Crippen molar-refractivity contribution in [2.45, 2.75) is 6.92 Å². The third-order valence-electron chi connectivity index (χ3n) is 2.56. The zero-order valence-electron chi connectivity index (χ0n) is 10.0. The third-order valence-corrected chi connectivity index (χ3v) is 2.88. The predicted octanol–water partition coefficient (Wildman–Crippen LogP) is 2.69. The highest BCUT2D eigenvalue weighted by Gasteiger charge is 2.12. The third kappa shape index (κ3) is 2.17. The Morgan fingerprint density at radius 2 is 2.16 bits per heavy atom. The lowest BCUT2D eigenvalue weighted by Gasteiger charge is -2.08. The summed E-state index contributed by atoms with van der Waals surface area (Å²) in [6, 6.07) is 5.49. The van der Waals surface area contributed by atoms with Gasteiger partial charge in [0, 0.05) is 0 Å². The Bertz CT molecular complexity index is 755. The Balaban J connectivity index is 2.10. The van der Waals surface area contributed by atoms with E-state index < -0.39 is 0 Å². The molecular formula is C12H10ClN5O. The lowest BCUT2D eigenvalue weighted by molar-refractivity contribution is 0.468. The summed E-state index contributed by atoms with van der Waals surface area (Å²) in [6.45, 7) is 1.95. The van der Waals surface area contributed by atoms with Gasteiger partial charge in [-0.2, -0.15) is 9.97 Å². The molecule has 0 unspecified atom stereocenters. The first-order valence-corrected chi connectivity index (χ1v) is 5.92. The first kappa shape index (κ1) is 11.7. The van der Waals surface area contributed by atoms with Crippen LogP contribution in [0.2, 0.25) is 5.02 Å². The van der Waals surface area contributed by atoms with Gasteiger partial charge in [0.1, 0.15) is 11.3 Å². The Morgan fingerprint density at radius 3 is 3.00 bits per heavy atom. The lowest BCUT2D eigenvalue weighted by atomic mass is 10.2. The SMILES string of the molecule is Cc1ccc(Cl)c(Oc2nc(N)nc3nc[nH]c23)c1. The van der Waals surface area contributed by atoms with Crippen LogP contribution in [0.5, 0.6) is 11.6 Å². The minimum atomic E-state index is 0.0957. The van der Waals surface area contributed by atoms with E-state index in [9.17, 15) is 0 Å². The second kappa shape index (κ2) is 4.40. The van der Waals surface area contributed by atoms with Crippen molar-refractivity contribution in [1.29, 1.82) is 0 Å². The molecule has 6 nitrogen and oxygen atoms in total. The van der Waals surface area contributed by atoms with Crippen LogP contribution in [-0.4, -0.2) is 19.9 Å². The first-order valence-electron chi connectivity index (χ1n) is 5.54. The number of anilines is 1. The molecule has 0 fully saturated rings. The number of nitrogen functional groups attached to an aromatic ring is 1. The number of benzene rings is 1. The van der Waals surface area contributed by atoms with Crippen LogP contribution in [0.15, 0.2) is 24.5 Å². The molecule has 0 atom stereocenters. The van der Waals surface area contributed by atoms with Crippen LogP contribution in [0.3, 0.4) is 0 Å². The fraction of sp³-hybridized carbons (Fsp3) is 0.0833. The number of hydrogen-bond donors (Lipinski definition) is 2. The second-order valence-corrected chi connectivity index (χ2v) is 4.43. The maximum atomic E-state index is 6.09. The number of rotatable bonds is 2. The number of aromatic nitrogens is 4. The van der Waals surface area contributed by atoms with E-state index in [1.807, 2.05) is 19.1 Å². The van der Waals surface area contributed by atoms with Crippen molar-refractivity contribution in [3.8, 4) is 11.6 Å². The molecule has 0 aliphatic rings. The normalized spacial score (nSPS) is 10.8. The molecule has 2 aromatic heterocycles. The first-order chi connectivity index (χ1) is 9.13. The molecule has 96 valence electrons. The number of ether oxygens (including phenoxy) is 1. The van der Waals surface area contributed by atoms with Gasteiger partial charge in [-0.3, -0.25) is 0 Å². The summed E-state index contributed by atoms with van der Waals surface area (Å²) in [4.78, 5) is 15.0. The molecule has 0 spiro atoms. The average molecular weight is 276 g/mol. The van der Waals surface area contributed by atoms with E-state index >= 15 is 0 Å². The van der Waals surface area contributed by atoms with Gasteiger partial charge in [-0.05, 0) is 24.6 Å². The van der Waals surface area contributed by atoms with Crippen molar-refractivity contribution in [3.63, 3.8) is 0 Å². The van der Waals surface area contributed by atoms with E-state index in [1.54, 1.807) is 6.07 Å². The van der Waals surface area contributed by atoms with E-state index in [1.165, 1.54) is 6.33 Å². The molecule has 0 saturated heterocycles. The number of nitrogens with two attached hydrogens (primary N) is 1. The maximum Gasteiger partial charge on any atom is 0.250 e. The van der Waals surface area contributed by atoms with Crippen LogP contribution in [0, 0.1) is 6.92 Å². The number of imidazole rings is 1. The zero-order valence-corrected chi connectivity index (χ0v) is 10.8. The minimum absolute atomic E-state index is 0.0957. The summed E-state index contributed by atoms with van der Waals surface area (Å²) in [7, 11) is 0. The van der Waals surface area contributed by atoms with Gasteiger partial charge in [0.2, 0.25) is 5.95 Å². The van der Waals surface area contributed by atoms with Crippen LogP contribution in [-0.2, 0) is 0 Å². The highest BCUT2D eigenvalue weighted by molar-refractivity contribution is 6.32. The molecule has 0 aliphatic heterocycles. The summed E-state index contributed by atoms with van der Waals surface area (Å²) < 4.78 is 5.71. The fourth-order valence-corrected chi connectivity index (χ4v) is 1.85. The van der Waals surface area contributed by atoms with E-state index in [0.717, 1.165) is 5.56 Å². The summed E-state index contributed by atoms with van der Waals surface area (Å²) >= 11 is 6.09. The molecule has 0 radical (unpaired) electrons. The summed E-state index contributed by atoms with van der Waals surface area (Å²) in [6.07, 6.45) is 1.50. The topological polar surface area (TPSA) is 89.7 Å². The number of aryl methyl sites for hydroxylation is 1. The molecule has 3 N–H and O–H groups in total. The van der Waals surface area contributed by atoms with Gasteiger partial charge in [-0.25, -0.2) is 4.98 Å². The van der Waals surface area contributed by atoms with Crippen LogP contribution >= 0.6 is 11.6 Å². The Labute approximate surface area is 113 Å². The second-order valence-electron chi connectivity index (χ2n) is 4.02. The van der Waals surface area contributed by atoms with Crippen molar-refractivity contribution < 1.29 is 4.74 Å². The number of fused-ring (bicyclic) bond motifs is 1. The van der Waals surface area contributed by atoms with Crippen LogP contribution in [0.4, 0.5) is 5.95 Å². The molecule has 0 bridgehead atoms. The smallest absolute Gasteiger partial charge is 0.250 e. The predicted molar refractivity (Wildman–Crippen MR) is 72.4 cm³/mol. The fourth-order valence-electron chi connectivity index (χ4n) is 1.69. The molecule has 0 saturated carbocycles. The van der Waals surface area contributed by atoms with E-state index in [4.69, 9.17) is 22.1 Å². The number of H-pyrrole nitrogens is 1. The van der Waals surface area contributed by atoms with Gasteiger partial charge in [0.25, 0.3) is 5.88 Å². The van der Waals surface area contributed by atoms with Crippen molar-refractivity contribution in [2.75, 3.05) is 5.73 Å². The number of aromatic amines is 1. The van der Waals surface area contributed by atoms with Crippen molar-refractivity contribution in [2.24, 2.45) is 0 Å². The van der Waals surface area contributed by atoms with E-state index in [2.05, 4.69) is 19.9 Å². The van der Waals surface area contributed by atoms with E-state index in [0.29, 0.717) is 27.8 Å². The highest BCUT2D eigenvalue weighted by atomic mass is 35.5. The molecule has 2 heterocycles. The van der Waals surface area contributed by atoms with Crippen LogP contribution in [0.25, 0.3) is 11.2 Å². The lowest BCUT2D eigenvalue weighted by Crippen LogP contribution is -1.98. The molecule has 7 heteroatoms. The van der Waals surface area contributed by atoms with Crippen LogP contribution in [0.1, 0.15) is 5.56 Å². The number of nitrogens with one attached hydrogen (secondary N) is 1. The average Bonchev–Trinajstić information content (AvgIpc) is 2.82. The van der Waals surface area contributed by atoms with Gasteiger partial charge in [-0.15, -0.1) is 0 Å². The van der Waals surface area contributed by atoms with Crippen LogP contribution < -0.4 is 10.5 Å². The molecule has 19 heavy (non-hydrogen) atoms. The summed E-state index contributed by atoms with van der Waals surface area (Å²) in [5, 5.41) is 0.496. The van der Waals surface area contributed by atoms with Crippen molar-refractivity contribution >= 4 is 28.7 Å². The number of hydrogen-bond acceptors (Lipinski definition) is 5. The molecule has 3 aromatic rings.